The highest BCUT2D eigenvalue weighted by Gasteiger charge is 2.53. The fraction of sp³-hybridized carbons (Fsp3) is 0.714. The molecular weight excluding hydrogens is 282 g/mol. The molecule has 3 aliphatic carbocycles. The number of rotatable bonds is 3. The molecule has 5 rings (SSSR count). The molecule has 2 nitrogen and oxygen atoms in total. The molecule has 0 spiro atoms. The van der Waals surface area contributed by atoms with Crippen molar-refractivity contribution < 1.29 is 4.74 Å². The van der Waals surface area contributed by atoms with Crippen molar-refractivity contribution in [2.24, 2.45) is 11.8 Å². The Morgan fingerprint density at radius 3 is 2.96 bits per heavy atom. The smallest absolute Gasteiger partial charge is 0.119 e. The van der Waals surface area contributed by atoms with Crippen molar-refractivity contribution in [3.63, 3.8) is 0 Å². The first-order valence-corrected chi connectivity index (χ1v) is 9.73. The summed E-state index contributed by atoms with van der Waals surface area (Å²) in [7, 11) is 2.35. The van der Waals surface area contributed by atoms with E-state index in [2.05, 4.69) is 30.1 Å². The van der Waals surface area contributed by atoms with E-state index in [0.717, 1.165) is 30.2 Å². The summed E-state index contributed by atoms with van der Waals surface area (Å²) in [6, 6.07) is 7.83. The van der Waals surface area contributed by atoms with Gasteiger partial charge < -0.3 is 9.64 Å². The highest BCUT2D eigenvalue weighted by molar-refractivity contribution is 5.45. The molecule has 0 N–H and O–H groups in total. The molecule has 2 heteroatoms. The van der Waals surface area contributed by atoms with Crippen LogP contribution in [-0.2, 0) is 11.8 Å². The van der Waals surface area contributed by atoms with Crippen molar-refractivity contribution in [3.8, 4) is 5.75 Å². The largest absolute Gasteiger partial charge is 0.493 e. The van der Waals surface area contributed by atoms with Gasteiger partial charge in [0.1, 0.15) is 5.75 Å². The minimum Gasteiger partial charge on any atom is -0.493 e. The van der Waals surface area contributed by atoms with Gasteiger partial charge in [-0.1, -0.05) is 18.9 Å². The summed E-state index contributed by atoms with van der Waals surface area (Å²) in [6.07, 6.45) is 11.0. The minimum atomic E-state index is 0.460. The highest BCUT2D eigenvalue weighted by atomic mass is 16.5. The number of hydrogen-bond donors (Lipinski definition) is 0. The first-order valence-electron chi connectivity index (χ1n) is 9.73. The van der Waals surface area contributed by atoms with Gasteiger partial charge in [-0.15, -0.1) is 0 Å². The highest BCUT2D eigenvalue weighted by Crippen LogP contribution is 2.55. The van der Waals surface area contributed by atoms with Crippen LogP contribution in [0.2, 0.25) is 0 Å². The fourth-order valence-corrected chi connectivity index (χ4v) is 5.76. The van der Waals surface area contributed by atoms with Crippen LogP contribution in [0.25, 0.3) is 0 Å². The van der Waals surface area contributed by atoms with Gasteiger partial charge in [0, 0.05) is 11.5 Å². The third kappa shape index (κ3) is 2.25. The van der Waals surface area contributed by atoms with Gasteiger partial charge in [0.2, 0.25) is 0 Å². The molecule has 3 atom stereocenters. The van der Waals surface area contributed by atoms with Gasteiger partial charge in [-0.25, -0.2) is 0 Å². The second-order valence-corrected chi connectivity index (χ2v) is 8.58. The number of likely N-dealkylation sites (tertiary alicyclic amines) is 1. The van der Waals surface area contributed by atoms with E-state index in [0.29, 0.717) is 5.41 Å². The predicted molar refractivity (Wildman–Crippen MR) is 93.0 cm³/mol. The predicted octanol–water partition coefficient (Wildman–Crippen LogP) is 4.16. The van der Waals surface area contributed by atoms with Gasteiger partial charge in [0.25, 0.3) is 0 Å². The Morgan fingerprint density at radius 1 is 1.17 bits per heavy atom. The maximum Gasteiger partial charge on any atom is 0.119 e. The Balaban J connectivity index is 1.53. The summed E-state index contributed by atoms with van der Waals surface area (Å²) in [5, 5.41) is 0. The number of piperidine rings is 1. The molecule has 1 aromatic carbocycles. The zero-order chi connectivity index (χ0) is 15.4. The fourth-order valence-electron chi connectivity index (χ4n) is 5.76. The molecule has 2 saturated carbocycles. The lowest BCUT2D eigenvalue weighted by Crippen LogP contribution is -2.59. The average molecular weight is 311 g/mol. The molecule has 0 radical (unpaired) electrons. The summed E-state index contributed by atoms with van der Waals surface area (Å²) in [4.78, 5) is 2.65. The molecule has 1 aliphatic heterocycles. The van der Waals surface area contributed by atoms with Gasteiger partial charge in [-0.05, 0) is 87.2 Å². The maximum atomic E-state index is 6.12. The third-order valence-electron chi connectivity index (χ3n) is 7.27. The number of fused-ring (bicyclic) bond motifs is 1. The van der Waals surface area contributed by atoms with Gasteiger partial charge >= 0.3 is 0 Å². The van der Waals surface area contributed by atoms with Crippen molar-refractivity contribution in [1.82, 2.24) is 4.90 Å². The summed E-state index contributed by atoms with van der Waals surface area (Å²) in [5.41, 5.74) is 3.74. The number of ether oxygens (including phenoxy) is 1. The lowest BCUT2D eigenvalue weighted by atomic mass is 9.52. The van der Waals surface area contributed by atoms with Gasteiger partial charge in [0.05, 0.1) is 6.61 Å². The zero-order valence-corrected chi connectivity index (χ0v) is 14.4. The van der Waals surface area contributed by atoms with E-state index >= 15 is 0 Å². The topological polar surface area (TPSA) is 12.5 Å². The standard InChI is InChI=1S/C21H29NO/c1-22-11-10-21-9-3-2-4-18(21)20(22)12-16-7-8-17(13-19(16)21)23-14-15-5-6-15/h7-8,13,15,18,20H,2-6,9-12,14H2,1H3/t18-,20+,21+/m0/s1. The molecule has 23 heavy (non-hydrogen) atoms. The van der Waals surface area contributed by atoms with Crippen LogP contribution in [0.15, 0.2) is 18.2 Å². The normalized spacial score (nSPS) is 36.2. The van der Waals surface area contributed by atoms with Crippen LogP contribution in [0, 0.1) is 11.8 Å². The SMILES string of the molecule is CN1CC[C@]23CCCC[C@H]2[C@H]1Cc1ccc(OCC2CC2)cc13. The van der Waals surface area contributed by atoms with Gasteiger partial charge in [-0.3, -0.25) is 0 Å². The van der Waals surface area contributed by atoms with Crippen LogP contribution in [0.3, 0.4) is 0 Å². The Labute approximate surface area is 140 Å². The van der Waals surface area contributed by atoms with Crippen LogP contribution >= 0.6 is 0 Å². The first-order chi connectivity index (χ1) is 11.3. The van der Waals surface area contributed by atoms with Crippen LogP contribution < -0.4 is 4.74 Å². The van der Waals surface area contributed by atoms with E-state index < -0.39 is 0 Å². The number of nitrogens with zero attached hydrogens (tertiary/aromatic N) is 1. The molecule has 0 aromatic heterocycles. The molecule has 124 valence electrons. The Kier molecular flexibility index (Phi) is 3.27. The van der Waals surface area contributed by atoms with Crippen molar-refractivity contribution in [2.75, 3.05) is 20.2 Å². The molecular formula is C21H29NO. The second-order valence-electron chi connectivity index (χ2n) is 8.58. The second kappa shape index (κ2) is 5.24. The summed E-state index contributed by atoms with van der Waals surface area (Å²) >= 11 is 0. The van der Waals surface area contributed by atoms with E-state index in [-0.39, 0.29) is 0 Å². The molecule has 1 aromatic rings. The first kappa shape index (κ1) is 14.3. The van der Waals surface area contributed by atoms with Crippen LogP contribution in [0.5, 0.6) is 5.75 Å². The van der Waals surface area contributed by atoms with Crippen LogP contribution in [-0.4, -0.2) is 31.1 Å². The van der Waals surface area contributed by atoms with E-state index in [1.54, 1.807) is 11.1 Å². The lowest BCUT2D eigenvalue weighted by Gasteiger charge is -2.58. The van der Waals surface area contributed by atoms with E-state index in [1.165, 1.54) is 57.9 Å². The molecule has 0 unspecified atom stereocenters. The molecule has 0 amide bonds. The molecule has 3 fully saturated rings. The van der Waals surface area contributed by atoms with E-state index in [1.807, 2.05) is 0 Å². The molecule has 1 saturated heterocycles. The van der Waals surface area contributed by atoms with Crippen molar-refractivity contribution in [3.05, 3.63) is 29.3 Å². The molecule has 4 aliphatic rings. The van der Waals surface area contributed by atoms with E-state index in [9.17, 15) is 0 Å². The van der Waals surface area contributed by atoms with E-state index in [4.69, 9.17) is 4.74 Å². The number of benzene rings is 1. The Bertz CT molecular complexity index is 608. The molecule has 2 bridgehead atoms. The summed E-state index contributed by atoms with van der Waals surface area (Å²) in [6.45, 7) is 2.20. The van der Waals surface area contributed by atoms with Crippen LogP contribution in [0.4, 0.5) is 0 Å². The molecule has 1 heterocycles. The quantitative estimate of drug-likeness (QED) is 0.831. The van der Waals surface area contributed by atoms with Crippen molar-refractivity contribution >= 4 is 0 Å². The number of likely N-dealkylation sites (N-methyl/N-ethyl adjacent to an activating group) is 1. The van der Waals surface area contributed by atoms with Gasteiger partial charge in [0.15, 0.2) is 0 Å². The summed E-state index contributed by atoms with van der Waals surface area (Å²) < 4.78 is 6.12. The number of hydrogen-bond acceptors (Lipinski definition) is 2. The summed E-state index contributed by atoms with van der Waals surface area (Å²) in [5.74, 6) is 2.84. The Hall–Kier alpha value is -1.02. The lowest BCUT2D eigenvalue weighted by molar-refractivity contribution is 0.00270. The minimum absolute atomic E-state index is 0.460. The van der Waals surface area contributed by atoms with Crippen molar-refractivity contribution in [2.45, 2.75) is 62.8 Å². The maximum absolute atomic E-state index is 6.12. The van der Waals surface area contributed by atoms with Crippen molar-refractivity contribution in [1.29, 1.82) is 0 Å². The van der Waals surface area contributed by atoms with Gasteiger partial charge in [-0.2, -0.15) is 0 Å². The zero-order valence-electron chi connectivity index (χ0n) is 14.4. The Morgan fingerprint density at radius 2 is 2.09 bits per heavy atom. The monoisotopic (exact) mass is 311 g/mol. The van der Waals surface area contributed by atoms with Crippen LogP contribution in [0.1, 0.15) is 56.1 Å². The average Bonchev–Trinajstić information content (AvgIpc) is 3.41. The third-order valence-corrected chi connectivity index (χ3v) is 7.27.